The van der Waals surface area contributed by atoms with Gasteiger partial charge in [0.05, 0.1) is 0 Å². The number of nitrogens with zero attached hydrogens (tertiary/aromatic N) is 1. The highest BCUT2D eigenvalue weighted by atomic mass is 35.5. The molecule has 1 aromatic rings. The maximum Gasteiger partial charge on any atom is 0.174 e. The average molecular weight is 196 g/mol. The quantitative estimate of drug-likeness (QED) is 0.700. The van der Waals surface area contributed by atoms with Crippen molar-refractivity contribution in [3.05, 3.63) is 34.3 Å². The standard InChI is InChI=1S/C10H10ClNO/c1-7-8(10(2,13)6-12)4-3-5-9(7)11/h3-5,13H,1-2H3. The molecule has 0 aliphatic carbocycles. The van der Waals surface area contributed by atoms with Gasteiger partial charge >= 0.3 is 0 Å². The predicted molar refractivity (Wildman–Crippen MR) is 51.4 cm³/mol. The molecule has 1 aromatic carbocycles. The van der Waals surface area contributed by atoms with Gasteiger partial charge < -0.3 is 5.11 Å². The van der Waals surface area contributed by atoms with Crippen LogP contribution in [0.5, 0.6) is 0 Å². The van der Waals surface area contributed by atoms with Crippen LogP contribution < -0.4 is 0 Å². The monoisotopic (exact) mass is 195 g/mol. The third-order valence-corrected chi connectivity index (χ3v) is 2.42. The number of aliphatic hydroxyl groups is 1. The molecule has 0 saturated carbocycles. The largest absolute Gasteiger partial charge is 0.372 e. The SMILES string of the molecule is Cc1c(Cl)cccc1C(C)(O)C#N. The summed E-state index contributed by atoms with van der Waals surface area (Å²) < 4.78 is 0. The van der Waals surface area contributed by atoms with Crippen LogP contribution in [0.4, 0.5) is 0 Å². The van der Waals surface area contributed by atoms with E-state index >= 15 is 0 Å². The first-order valence-electron chi connectivity index (χ1n) is 3.88. The Kier molecular flexibility index (Phi) is 2.60. The topological polar surface area (TPSA) is 44.0 Å². The lowest BCUT2D eigenvalue weighted by Gasteiger charge is -2.17. The first-order chi connectivity index (χ1) is 5.99. The summed E-state index contributed by atoms with van der Waals surface area (Å²) in [5, 5.41) is 19.0. The van der Waals surface area contributed by atoms with E-state index in [0.29, 0.717) is 10.6 Å². The summed E-state index contributed by atoms with van der Waals surface area (Å²) in [7, 11) is 0. The molecule has 1 N–H and O–H groups in total. The van der Waals surface area contributed by atoms with E-state index in [9.17, 15) is 5.11 Å². The Bertz CT molecular complexity index is 366. The molecule has 0 fully saturated rings. The Labute approximate surface area is 82.4 Å². The van der Waals surface area contributed by atoms with Gasteiger partial charge in [0, 0.05) is 10.6 Å². The van der Waals surface area contributed by atoms with E-state index in [-0.39, 0.29) is 0 Å². The molecule has 0 spiro atoms. The Morgan fingerprint density at radius 2 is 2.15 bits per heavy atom. The molecule has 68 valence electrons. The van der Waals surface area contributed by atoms with Crippen molar-refractivity contribution in [1.29, 1.82) is 5.26 Å². The molecule has 0 aliphatic heterocycles. The van der Waals surface area contributed by atoms with E-state index in [1.807, 2.05) is 6.07 Å². The second-order valence-corrected chi connectivity index (χ2v) is 3.50. The molecule has 3 heteroatoms. The van der Waals surface area contributed by atoms with Crippen LogP contribution in [0.1, 0.15) is 18.1 Å². The Morgan fingerprint density at radius 1 is 1.54 bits per heavy atom. The number of hydrogen-bond acceptors (Lipinski definition) is 2. The summed E-state index contributed by atoms with van der Waals surface area (Å²) in [4.78, 5) is 0. The van der Waals surface area contributed by atoms with E-state index < -0.39 is 5.60 Å². The number of benzene rings is 1. The molecule has 1 rings (SSSR count). The van der Waals surface area contributed by atoms with E-state index in [1.54, 1.807) is 25.1 Å². The van der Waals surface area contributed by atoms with Gasteiger partial charge in [0.25, 0.3) is 0 Å². The molecule has 1 atom stereocenters. The Balaban J connectivity index is 3.33. The van der Waals surface area contributed by atoms with Crippen LogP contribution in [0.25, 0.3) is 0 Å². The lowest BCUT2D eigenvalue weighted by molar-refractivity contribution is 0.119. The summed E-state index contributed by atoms with van der Waals surface area (Å²) in [6.45, 7) is 3.23. The summed E-state index contributed by atoms with van der Waals surface area (Å²) in [6, 6.07) is 6.97. The van der Waals surface area contributed by atoms with Gasteiger partial charge in [-0.05, 0) is 25.5 Å². The lowest BCUT2D eigenvalue weighted by Crippen LogP contribution is -2.19. The zero-order chi connectivity index (χ0) is 10.1. The van der Waals surface area contributed by atoms with Crippen LogP contribution in [0.2, 0.25) is 5.02 Å². The summed E-state index contributed by atoms with van der Waals surface area (Å²) in [5.41, 5.74) is -0.159. The molecule has 0 aromatic heterocycles. The zero-order valence-corrected chi connectivity index (χ0v) is 8.26. The van der Waals surface area contributed by atoms with Crippen LogP contribution in [0, 0.1) is 18.3 Å². The Morgan fingerprint density at radius 3 is 2.69 bits per heavy atom. The molecule has 0 heterocycles. The lowest BCUT2D eigenvalue weighted by atomic mass is 9.93. The molecule has 13 heavy (non-hydrogen) atoms. The highest BCUT2D eigenvalue weighted by Crippen LogP contribution is 2.27. The highest BCUT2D eigenvalue weighted by molar-refractivity contribution is 6.31. The van der Waals surface area contributed by atoms with Crippen molar-refractivity contribution in [3.63, 3.8) is 0 Å². The number of hydrogen-bond donors (Lipinski definition) is 1. The minimum absolute atomic E-state index is 0.558. The molecule has 0 saturated heterocycles. The molecular formula is C10H10ClNO. The van der Waals surface area contributed by atoms with Gasteiger partial charge in [-0.1, -0.05) is 23.7 Å². The van der Waals surface area contributed by atoms with Crippen LogP contribution in [-0.2, 0) is 5.60 Å². The van der Waals surface area contributed by atoms with Crippen molar-refractivity contribution in [2.75, 3.05) is 0 Å². The molecule has 2 nitrogen and oxygen atoms in total. The van der Waals surface area contributed by atoms with E-state index in [4.69, 9.17) is 16.9 Å². The van der Waals surface area contributed by atoms with Gasteiger partial charge in [-0.2, -0.15) is 5.26 Å². The van der Waals surface area contributed by atoms with Gasteiger partial charge in [0.15, 0.2) is 5.60 Å². The maximum atomic E-state index is 9.68. The minimum atomic E-state index is -1.46. The fourth-order valence-corrected chi connectivity index (χ4v) is 1.37. The van der Waals surface area contributed by atoms with Crippen LogP contribution >= 0.6 is 11.6 Å². The second kappa shape index (κ2) is 3.37. The van der Waals surface area contributed by atoms with Gasteiger partial charge in [-0.15, -0.1) is 0 Å². The van der Waals surface area contributed by atoms with Crippen molar-refractivity contribution >= 4 is 11.6 Å². The van der Waals surface area contributed by atoms with Crippen LogP contribution in [0.3, 0.4) is 0 Å². The van der Waals surface area contributed by atoms with E-state index in [2.05, 4.69) is 0 Å². The van der Waals surface area contributed by atoms with Gasteiger partial charge in [-0.3, -0.25) is 0 Å². The van der Waals surface area contributed by atoms with Crippen LogP contribution in [0.15, 0.2) is 18.2 Å². The van der Waals surface area contributed by atoms with Gasteiger partial charge in [-0.25, -0.2) is 0 Å². The molecule has 0 amide bonds. The fourth-order valence-electron chi connectivity index (χ4n) is 1.20. The molecule has 0 aliphatic rings. The third-order valence-electron chi connectivity index (χ3n) is 2.01. The molecule has 0 bridgehead atoms. The first-order valence-corrected chi connectivity index (χ1v) is 4.26. The van der Waals surface area contributed by atoms with E-state index in [1.165, 1.54) is 6.92 Å². The highest BCUT2D eigenvalue weighted by Gasteiger charge is 2.24. The summed E-state index contributed by atoms with van der Waals surface area (Å²) in [6.07, 6.45) is 0. The number of rotatable bonds is 1. The smallest absolute Gasteiger partial charge is 0.174 e. The van der Waals surface area contributed by atoms with Crippen molar-refractivity contribution in [2.24, 2.45) is 0 Å². The van der Waals surface area contributed by atoms with E-state index in [0.717, 1.165) is 5.56 Å². The minimum Gasteiger partial charge on any atom is -0.372 e. The van der Waals surface area contributed by atoms with Gasteiger partial charge in [0.1, 0.15) is 6.07 Å². The third kappa shape index (κ3) is 1.82. The zero-order valence-electron chi connectivity index (χ0n) is 7.50. The fraction of sp³-hybridized carbons (Fsp3) is 0.300. The average Bonchev–Trinajstić information content (AvgIpc) is 2.09. The number of halogens is 1. The summed E-state index contributed by atoms with van der Waals surface area (Å²) >= 11 is 5.86. The van der Waals surface area contributed by atoms with Crippen molar-refractivity contribution < 1.29 is 5.11 Å². The normalized spacial score (nSPS) is 14.7. The van der Waals surface area contributed by atoms with Crippen molar-refractivity contribution in [2.45, 2.75) is 19.4 Å². The predicted octanol–water partition coefficient (Wildman–Crippen LogP) is 2.38. The first kappa shape index (κ1) is 10.0. The van der Waals surface area contributed by atoms with Crippen LogP contribution in [-0.4, -0.2) is 5.11 Å². The second-order valence-electron chi connectivity index (χ2n) is 3.10. The molecule has 1 unspecified atom stereocenters. The van der Waals surface area contributed by atoms with Crippen molar-refractivity contribution in [3.8, 4) is 6.07 Å². The van der Waals surface area contributed by atoms with Crippen molar-refractivity contribution in [1.82, 2.24) is 0 Å². The Hall–Kier alpha value is -1.04. The maximum absolute atomic E-state index is 9.68. The van der Waals surface area contributed by atoms with Gasteiger partial charge in [0.2, 0.25) is 0 Å². The summed E-state index contributed by atoms with van der Waals surface area (Å²) in [5.74, 6) is 0. The molecular weight excluding hydrogens is 186 g/mol. The number of nitriles is 1. The molecule has 0 radical (unpaired) electrons.